The molecule has 0 unspecified atom stereocenters. The van der Waals surface area contributed by atoms with Gasteiger partial charge in [0.1, 0.15) is 0 Å². The van der Waals surface area contributed by atoms with Crippen LogP contribution in [0, 0.1) is 0 Å². The van der Waals surface area contributed by atoms with Crippen molar-refractivity contribution >= 4 is 98.1 Å². The van der Waals surface area contributed by atoms with Gasteiger partial charge in [-0.2, -0.15) is 0 Å². The number of methoxy groups -OCH3 is 2. The zero-order valence-electron chi connectivity index (χ0n) is 21.7. The van der Waals surface area contributed by atoms with Gasteiger partial charge < -0.3 is 31.6 Å². The summed E-state index contributed by atoms with van der Waals surface area (Å²) in [5.74, 6) is -0.926. The molecule has 220 valence electrons. The van der Waals surface area contributed by atoms with Gasteiger partial charge in [0.15, 0.2) is 0 Å². The number of hydrogen-bond acceptors (Lipinski definition) is 9. The monoisotopic (exact) mass is 638 g/mol. The number of hydrogen-bond donors (Lipinski definition) is 4. The van der Waals surface area contributed by atoms with Crippen LogP contribution >= 0.6 is 46.4 Å². The Balaban J connectivity index is 0.000000701. The van der Waals surface area contributed by atoms with Gasteiger partial charge in [-0.05, 0) is 48.0 Å². The third-order valence-corrected chi connectivity index (χ3v) is 5.19. The fourth-order valence-electron chi connectivity index (χ4n) is 2.49. The molecule has 15 heteroatoms. The van der Waals surface area contributed by atoms with E-state index in [-0.39, 0.29) is 53.6 Å². The SMILES string of the molecule is COC(=O)c1ccc(N)c(N)c1.COC(=O)c1ccc(NC(=O)CCCl)c(NC(=O)CCCl)c1.O=C(Cl)CCCl. The number of anilines is 4. The molecule has 0 radical (unpaired) electrons. The van der Waals surface area contributed by atoms with Crippen LogP contribution in [0.2, 0.25) is 0 Å². The van der Waals surface area contributed by atoms with E-state index in [2.05, 4.69) is 20.1 Å². The fraction of sp³-hybridized carbons (Fsp3) is 0.320. The molecule has 0 aliphatic heterocycles. The number of nitrogen functional groups attached to an aromatic ring is 2. The lowest BCUT2D eigenvalue weighted by Gasteiger charge is -2.13. The van der Waals surface area contributed by atoms with E-state index in [0.29, 0.717) is 34.2 Å². The summed E-state index contributed by atoms with van der Waals surface area (Å²) in [4.78, 5) is 55.5. The van der Waals surface area contributed by atoms with E-state index in [4.69, 9.17) is 57.9 Å². The van der Waals surface area contributed by atoms with Crippen molar-refractivity contribution in [2.24, 2.45) is 0 Å². The second kappa shape index (κ2) is 20.6. The van der Waals surface area contributed by atoms with Gasteiger partial charge in [0, 0.05) is 36.9 Å². The lowest BCUT2D eigenvalue weighted by Crippen LogP contribution is -2.17. The Morgan fingerprint density at radius 1 is 0.675 bits per heavy atom. The number of halogens is 4. The summed E-state index contributed by atoms with van der Waals surface area (Å²) in [6.07, 6.45) is 0.511. The summed E-state index contributed by atoms with van der Waals surface area (Å²) < 4.78 is 9.12. The molecule has 0 saturated carbocycles. The van der Waals surface area contributed by atoms with E-state index in [1.54, 1.807) is 12.1 Å². The first-order valence-electron chi connectivity index (χ1n) is 11.4. The quantitative estimate of drug-likeness (QED) is 0.125. The number of nitrogens with one attached hydrogen (secondary N) is 2. The van der Waals surface area contributed by atoms with Gasteiger partial charge in [-0.25, -0.2) is 9.59 Å². The number of alkyl halides is 3. The van der Waals surface area contributed by atoms with E-state index >= 15 is 0 Å². The lowest BCUT2D eigenvalue weighted by molar-refractivity contribution is -0.116. The lowest BCUT2D eigenvalue weighted by atomic mass is 10.1. The minimum Gasteiger partial charge on any atom is -0.465 e. The average Bonchev–Trinajstić information content (AvgIpc) is 2.91. The molecule has 0 bridgehead atoms. The Labute approximate surface area is 251 Å². The van der Waals surface area contributed by atoms with Gasteiger partial charge >= 0.3 is 11.9 Å². The maximum atomic E-state index is 11.7. The molecule has 11 nitrogen and oxygen atoms in total. The van der Waals surface area contributed by atoms with Crippen LogP contribution in [0.15, 0.2) is 36.4 Å². The first kappa shape index (κ1) is 36.8. The maximum Gasteiger partial charge on any atom is 0.337 e. The number of ether oxygens (including phenoxy) is 2. The molecule has 0 saturated heterocycles. The van der Waals surface area contributed by atoms with Gasteiger partial charge in [0.05, 0.1) is 48.1 Å². The van der Waals surface area contributed by atoms with E-state index in [1.807, 2.05) is 0 Å². The Morgan fingerprint density at radius 2 is 1.12 bits per heavy atom. The van der Waals surface area contributed by atoms with Crippen molar-refractivity contribution in [3.8, 4) is 0 Å². The van der Waals surface area contributed by atoms with Crippen LogP contribution in [0.4, 0.5) is 22.7 Å². The van der Waals surface area contributed by atoms with Gasteiger partial charge in [-0.3, -0.25) is 14.4 Å². The van der Waals surface area contributed by atoms with Crippen molar-refractivity contribution < 1.29 is 33.4 Å². The smallest absolute Gasteiger partial charge is 0.337 e. The van der Waals surface area contributed by atoms with Crippen molar-refractivity contribution in [1.29, 1.82) is 0 Å². The number of nitrogens with two attached hydrogens (primary N) is 2. The number of benzene rings is 2. The molecule has 6 N–H and O–H groups in total. The topological polar surface area (TPSA) is 180 Å². The molecule has 0 heterocycles. The van der Waals surface area contributed by atoms with Gasteiger partial charge in [-0.1, -0.05) is 0 Å². The second-order valence-electron chi connectivity index (χ2n) is 7.36. The minimum atomic E-state index is -0.550. The van der Waals surface area contributed by atoms with E-state index < -0.39 is 11.9 Å². The predicted molar refractivity (Wildman–Crippen MR) is 159 cm³/mol. The second-order valence-corrected chi connectivity index (χ2v) is 8.91. The maximum absolute atomic E-state index is 11.7. The minimum absolute atomic E-state index is 0.110. The van der Waals surface area contributed by atoms with Crippen LogP contribution in [0.3, 0.4) is 0 Å². The van der Waals surface area contributed by atoms with Crippen molar-refractivity contribution in [2.45, 2.75) is 19.3 Å². The number of carbonyl (C=O) groups excluding carboxylic acids is 5. The highest BCUT2D eigenvalue weighted by Crippen LogP contribution is 2.24. The van der Waals surface area contributed by atoms with Crippen LogP contribution in [0.25, 0.3) is 0 Å². The first-order chi connectivity index (χ1) is 18.9. The number of amides is 2. The molecular weight excluding hydrogens is 610 g/mol. The fourth-order valence-corrected chi connectivity index (χ4v) is 3.20. The predicted octanol–water partition coefficient (Wildman–Crippen LogP) is 4.63. The van der Waals surface area contributed by atoms with Crippen molar-refractivity contribution in [3.05, 3.63) is 47.5 Å². The van der Waals surface area contributed by atoms with E-state index in [9.17, 15) is 24.0 Å². The largest absolute Gasteiger partial charge is 0.465 e. The molecule has 2 aromatic carbocycles. The molecule has 0 fully saturated rings. The molecule has 0 aromatic heterocycles. The van der Waals surface area contributed by atoms with E-state index in [0.717, 1.165) is 0 Å². The summed E-state index contributed by atoms with van der Waals surface area (Å²) in [5.41, 5.74) is 13.1. The van der Waals surface area contributed by atoms with Crippen molar-refractivity contribution in [1.82, 2.24) is 0 Å². The molecule has 2 aromatic rings. The average molecular weight is 640 g/mol. The highest BCUT2D eigenvalue weighted by molar-refractivity contribution is 6.63. The van der Waals surface area contributed by atoms with E-state index in [1.165, 1.54) is 38.5 Å². The Bertz CT molecular complexity index is 1170. The van der Waals surface area contributed by atoms with Gasteiger partial charge in [-0.15, -0.1) is 34.8 Å². The number of esters is 2. The molecular formula is C25H30Cl4N4O7. The summed E-state index contributed by atoms with van der Waals surface area (Å²) >= 11 is 21.0. The standard InChI is InChI=1S/C14H16Cl2N2O4.C8H10N2O2.C3H4Cl2O/c1-22-14(21)9-2-3-10(17-12(19)4-6-15)11(8-9)18-13(20)5-7-16;1-12-8(11)5-2-3-6(9)7(10)4-5;4-2-1-3(5)6/h2-3,8H,4-7H2,1H3,(H,17,19)(H,18,20);2-4H,9-10H2,1H3;1-2H2. The number of carbonyl (C=O) groups is 5. The molecule has 2 rings (SSSR count). The summed E-state index contributed by atoms with van der Waals surface area (Å²) in [6.45, 7) is 0. The van der Waals surface area contributed by atoms with Gasteiger partial charge in [0.2, 0.25) is 17.1 Å². The molecule has 0 aliphatic rings. The third-order valence-electron chi connectivity index (χ3n) is 4.43. The molecule has 0 aliphatic carbocycles. The molecule has 2 amide bonds. The zero-order valence-corrected chi connectivity index (χ0v) is 24.8. The summed E-state index contributed by atoms with van der Waals surface area (Å²) in [7, 11) is 2.57. The Hall–Kier alpha value is -3.25. The Morgan fingerprint density at radius 3 is 1.52 bits per heavy atom. The highest BCUT2D eigenvalue weighted by atomic mass is 35.5. The highest BCUT2D eigenvalue weighted by Gasteiger charge is 2.14. The van der Waals surface area contributed by atoms with Crippen LogP contribution in [0.1, 0.15) is 40.0 Å². The van der Waals surface area contributed by atoms with Crippen LogP contribution < -0.4 is 22.1 Å². The Kier molecular flexibility index (Phi) is 18.9. The molecule has 40 heavy (non-hydrogen) atoms. The normalized spacial score (nSPS) is 9.55. The van der Waals surface area contributed by atoms with Gasteiger partial charge in [0.25, 0.3) is 0 Å². The van der Waals surface area contributed by atoms with Crippen LogP contribution in [0.5, 0.6) is 0 Å². The summed E-state index contributed by atoms with van der Waals surface area (Å²) in [6, 6.07) is 9.04. The summed E-state index contributed by atoms with van der Waals surface area (Å²) in [5, 5.41) is 4.85. The van der Waals surface area contributed by atoms with Crippen LogP contribution in [-0.2, 0) is 23.9 Å². The van der Waals surface area contributed by atoms with Crippen molar-refractivity contribution in [2.75, 3.05) is 54.0 Å². The van der Waals surface area contributed by atoms with Crippen LogP contribution in [-0.4, -0.2) is 60.9 Å². The third kappa shape index (κ3) is 14.8. The molecule has 0 spiro atoms. The zero-order chi connectivity index (χ0) is 30.7. The first-order valence-corrected chi connectivity index (χ1v) is 13.3. The molecule has 0 atom stereocenters. The number of rotatable bonds is 10. The van der Waals surface area contributed by atoms with Crippen molar-refractivity contribution in [3.63, 3.8) is 0 Å².